The molecule has 1 aromatic rings. The lowest BCUT2D eigenvalue weighted by Crippen LogP contribution is -1.96. The fourth-order valence-electron chi connectivity index (χ4n) is 1.16. The maximum absolute atomic E-state index is 12.6. The molecule has 0 bridgehead atoms. The summed E-state index contributed by atoms with van der Waals surface area (Å²) >= 11 is 11.1. The Bertz CT molecular complexity index is 356. The Balaban J connectivity index is 2.36. The fourth-order valence-corrected chi connectivity index (χ4v) is 1.54. The highest BCUT2D eigenvalue weighted by atomic mass is 35.5. The van der Waals surface area contributed by atoms with E-state index >= 15 is 0 Å². The van der Waals surface area contributed by atoms with Crippen LogP contribution >= 0.6 is 23.2 Å². The minimum absolute atomic E-state index is 0.00609. The van der Waals surface area contributed by atoms with Crippen LogP contribution in [0.1, 0.15) is 17.9 Å². The lowest BCUT2D eigenvalue weighted by atomic mass is 10.2. The minimum atomic E-state index is -2.66. The van der Waals surface area contributed by atoms with Crippen molar-refractivity contribution in [3.8, 4) is 0 Å². The molecule has 1 aliphatic rings. The molecule has 1 atom stereocenters. The van der Waals surface area contributed by atoms with Crippen LogP contribution in [-0.4, -0.2) is 16.1 Å². The Labute approximate surface area is 82.9 Å². The third kappa shape index (κ3) is 1.60. The summed E-state index contributed by atoms with van der Waals surface area (Å²) in [5, 5.41) is 6.98. The van der Waals surface area contributed by atoms with Gasteiger partial charge in [-0.05, 0) is 6.07 Å². The van der Waals surface area contributed by atoms with Gasteiger partial charge in [0, 0.05) is 12.0 Å². The number of hydrogen-bond acceptors (Lipinski definition) is 2. The van der Waals surface area contributed by atoms with Gasteiger partial charge in [0.2, 0.25) is 0 Å². The minimum Gasteiger partial charge on any atom is -0.206 e. The molecular formula is C7H4Cl2F2N2. The molecule has 6 heteroatoms. The number of halogens is 4. The fraction of sp³-hybridized carbons (Fsp3) is 0.429. The molecule has 0 N–H and O–H groups in total. The number of alkyl halides is 2. The first kappa shape index (κ1) is 9.09. The quantitative estimate of drug-likeness (QED) is 0.734. The van der Waals surface area contributed by atoms with Crippen molar-refractivity contribution in [1.82, 2.24) is 10.2 Å². The van der Waals surface area contributed by atoms with Crippen LogP contribution in [0.3, 0.4) is 0 Å². The van der Waals surface area contributed by atoms with Crippen molar-refractivity contribution in [2.75, 3.05) is 0 Å². The van der Waals surface area contributed by atoms with E-state index in [1.807, 2.05) is 0 Å². The largest absolute Gasteiger partial charge is 0.256 e. The Morgan fingerprint density at radius 3 is 2.54 bits per heavy atom. The van der Waals surface area contributed by atoms with Gasteiger partial charge in [-0.15, -0.1) is 10.2 Å². The molecule has 0 aliphatic heterocycles. The molecule has 1 unspecified atom stereocenters. The predicted molar refractivity (Wildman–Crippen MR) is 44.4 cm³/mol. The van der Waals surface area contributed by atoms with Gasteiger partial charge < -0.3 is 0 Å². The molecule has 2 rings (SSSR count). The molecule has 0 saturated heterocycles. The van der Waals surface area contributed by atoms with Crippen LogP contribution in [0.4, 0.5) is 8.78 Å². The van der Waals surface area contributed by atoms with Gasteiger partial charge in [0.05, 0.1) is 5.92 Å². The molecule has 13 heavy (non-hydrogen) atoms. The molecule has 2 nitrogen and oxygen atoms in total. The molecule has 1 fully saturated rings. The zero-order chi connectivity index (χ0) is 9.64. The summed E-state index contributed by atoms with van der Waals surface area (Å²) in [5.74, 6) is -3.50. The van der Waals surface area contributed by atoms with Crippen molar-refractivity contribution < 1.29 is 8.78 Å². The van der Waals surface area contributed by atoms with Crippen LogP contribution in [0.15, 0.2) is 6.07 Å². The Morgan fingerprint density at radius 2 is 2.00 bits per heavy atom. The average molecular weight is 225 g/mol. The number of aromatic nitrogens is 2. The van der Waals surface area contributed by atoms with E-state index < -0.39 is 11.8 Å². The van der Waals surface area contributed by atoms with E-state index in [2.05, 4.69) is 10.2 Å². The van der Waals surface area contributed by atoms with Crippen molar-refractivity contribution in [3.63, 3.8) is 0 Å². The molecule has 70 valence electrons. The molecular weight excluding hydrogens is 221 g/mol. The van der Waals surface area contributed by atoms with Crippen LogP contribution in [0, 0.1) is 0 Å². The van der Waals surface area contributed by atoms with Gasteiger partial charge in [-0.25, -0.2) is 8.78 Å². The summed E-state index contributed by atoms with van der Waals surface area (Å²) in [4.78, 5) is 0. The summed E-state index contributed by atoms with van der Waals surface area (Å²) in [6.45, 7) is 0. The summed E-state index contributed by atoms with van der Waals surface area (Å²) in [6.07, 6.45) is -0.186. The second-order valence-corrected chi connectivity index (χ2v) is 3.68. The van der Waals surface area contributed by atoms with Crippen molar-refractivity contribution >= 4 is 23.2 Å². The van der Waals surface area contributed by atoms with E-state index in [4.69, 9.17) is 23.2 Å². The number of rotatable bonds is 1. The first-order valence-corrected chi connectivity index (χ1v) is 4.33. The molecule has 0 radical (unpaired) electrons. The van der Waals surface area contributed by atoms with Crippen molar-refractivity contribution in [2.45, 2.75) is 18.3 Å². The van der Waals surface area contributed by atoms with E-state index in [0.717, 1.165) is 0 Å². The normalized spacial score (nSPS) is 24.5. The Kier molecular flexibility index (Phi) is 1.92. The lowest BCUT2D eigenvalue weighted by Gasteiger charge is -2.00. The topological polar surface area (TPSA) is 25.8 Å². The van der Waals surface area contributed by atoms with Crippen molar-refractivity contribution in [3.05, 3.63) is 21.9 Å². The summed E-state index contributed by atoms with van der Waals surface area (Å²) in [7, 11) is 0. The van der Waals surface area contributed by atoms with Gasteiger partial charge in [0.15, 0.2) is 10.3 Å². The highest BCUT2D eigenvalue weighted by Crippen LogP contribution is 2.56. The van der Waals surface area contributed by atoms with Gasteiger partial charge in [0.1, 0.15) is 0 Å². The van der Waals surface area contributed by atoms with Crippen molar-refractivity contribution in [1.29, 1.82) is 0 Å². The van der Waals surface area contributed by atoms with Gasteiger partial charge >= 0.3 is 0 Å². The van der Waals surface area contributed by atoms with Crippen LogP contribution in [0.25, 0.3) is 0 Å². The molecule has 1 saturated carbocycles. The second-order valence-electron chi connectivity index (χ2n) is 2.93. The van der Waals surface area contributed by atoms with Gasteiger partial charge in [0.25, 0.3) is 5.92 Å². The maximum atomic E-state index is 12.6. The van der Waals surface area contributed by atoms with E-state index in [1.54, 1.807) is 0 Å². The summed E-state index contributed by atoms with van der Waals surface area (Å²) in [6, 6.07) is 1.34. The van der Waals surface area contributed by atoms with Crippen LogP contribution in [-0.2, 0) is 0 Å². The van der Waals surface area contributed by atoms with Crippen molar-refractivity contribution in [2.24, 2.45) is 0 Å². The first-order chi connectivity index (χ1) is 6.00. The zero-order valence-electron chi connectivity index (χ0n) is 6.27. The van der Waals surface area contributed by atoms with E-state index in [1.165, 1.54) is 6.07 Å². The maximum Gasteiger partial charge on any atom is 0.256 e. The zero-order valence-corrected chi connectivity index (χ0v) is 7.78. The number of hydrogen-bond donors (Lipinski definition) is 0. The summed E-state index contributed by atoms with van der Waals surface area (Å²) in [5.41, 5.74) is 0.284. The Morgan fingerprint density at radius 1 is 1.38 bits per heavy atom. The van der Waals surface area contributed by atoms with Gasteiger partial charge in [-0.3, -0.25) is 0 Å². The third-order valence-corrected chi connectivity index (χ3v) is 2.43. The monoisotopic (exact) mass is 224 g/mol. The van der Waals surface area contributed by atoms with E-state index in [-0.39, 0.29) is 22.3 Å². The SMILES string of the molecule is FC1(F)CC1c1cc(Cl)nnc1Cl. The van der Waals surface area contributed by atoms with Gasteiger partial charge in [-0.2, -0.15) is 0 Å². The van der Waals surface area contributed by atoms with Gasteiger partial charge in [-0.1, -0.05) is 23.2 Å². The van der Waals surface area contributed by atoms with Crippen LogP contribution < -0.4 is 0 Å². The molecule has 1 heterocycles. The Hall–Kier alpha value is -0.480. The van der Waals surface area contributed by atoms with E-state index in [0.29, 0.717) is 0 Å². The van der Waals surface area contributed by atoms with E-state index in [9.17, 15) is 8.78 Å². The summed E-state index contributed by atoms with van der Waals surface area (Å²) < 4.78 is 25.3. The highest BCUT2D eigenvalue weighted by Gasteiger charge is 2.58. The highest BCUT2D eigenvalue weighted by molar-refractivity contribution is 6.31. The predicted octanol–water partition coefficient (Wildman–Crippen LogP) is 2.91. The second kappa shape index (κ2) is 2.75. The standard InChI is InChI=1S/C7H4Cl2F2N2/c8-5-1-3(6(9)13-12-5)4-2-7(4,10)11/h1,4H,2H2. The molecule has 0 spiro atoms. The smallest absolute Gasteiger partial charge is 0.206 e. The average Bonchev–Trinajstić information content (AvgIpc) is 2.65. The molecule has 1 aromatic heterocycles. The molecule has 0 amide bonds. The van der Waals surface area contributed by atoms with Crippen LogP contribution in [0.5, 0.6) is 0 Å². The number of nitrogens with zero attached hydrogens (tertiary/aromatic N) is 2. The molecule has 0 aromatic carbocycles. The third-order valence-electron chi connectivity index (χ3n) is 1.95. The lowest BCUT2D eigenvalue weighted by molar-refractivity contribution is 0.112. The van der Waals surface area contributed by atoms with Crippen LogP contribution in [0.2, 0.25) is 10.3 Å². The molecule has 1 aliphatic carbocycles. The first-order valence-electron chi connectivity index (χ1n) is 3.57.